The molecule has 0 aliphatic carbocycles. The van der Waals surface area contributed by atoms with Crippen molar-refractivity contribution in [1.82, 2.24) is 15.2 Å². The predicted molar refractivity (Wildman–Crippen MR) is 154 cm³/mol. The van der Waals surface area contributed by atoms with Gasteiger partial charge in [-0.3, -0.25) is 19.4 Å². The van der Waals surface area contributed by atoms with Gasteiger partial charge in [0, 0.05) is 47.9 Å². The number of aryl methyl sites for hydroxylation is 1. The van der Waals surface area contributed by atoms with Crippen molar-refractivity contribution in [3.05, 3.63) is 83.1 Å². The number of pyridine rings is 1. The summed E-state index contributed by atoms with van der Waals surface area (Å²) in [4.78, 5) is 54.4. The van der Waals surface area contributed by atoms with Gasteiger partial charge in [0.25, 0.3) is 11.8 Å². The number of carbonyl (C=O) groups excluding carboxylic acids is 4. The molecule has 3 heterocycles. The zero-order valence-corrected chi connectivity index (χ0v) is 23.9. The van der Waals surface area contributed by atoms with E-state index in [2.05, 4.69) is 31.8 Å². The number of carbonyl (C=O) groups is 4. The van der Waals surface area contributed by atoms with Crippen LogP contribution in [0.5, 0.6) is 0 Å². The van der Waals surface area contributed by atoms with Gasteiger partial charge >= 0.3 is 12.0 Å². The molecule has 0 saturated carbocycles. The van der Waals surface area contributed by atoms with Crippen molar-refractivity contribution in [3.63, 3.8) is 0 Å². The van der Waals surface area contributed by atoms with Crippen LogP contribution in [0.3, 0.4) is 0 Å². The number of urea groups is 1. The fraction of sp³-hybridized carbons (Fsp3) is 0.276. The molecule has 1 fully saturated rings. The second-order valence-electron chi connectivity index (χ2n) is 9.21. The summed E-state index contributed by atoms with van der Waals surface area (Å²) >= 11 is 0. The smallest absolute Gasteiger partial charge is 0.325 e. The average molecular weight is 592 g/mol. The molecule has 0 atom stereocenters. The molecule has 42 heavy (non-hydrogen) atoms. The van der Waals surface area contributed by atoms with E-state index in [1.807, 2.05) is 0 Å². The highest BCUT2D eigenvalue weighted by Crippen LogP contribution is 2.15. The van der Waals surface area contributed by atoms with Crippen LogP contribution in [0.15, 0.2) is 63.8 Å². The van der Waals surface area contributed by atoms with E-state index < -0.39 is 27.6 Å². The third-order valence-electron chi connectivity index (χ3n) is 6.11. The lowest BCUT2D eigenvalue weighted by Crippen LogP contribution is -2.49. The van der Waals surface area contributed by atoms with E-state index in [1.165, 1.54) is 29.6 Å². The van der Waals surface area contributed by atoms with Crippen molar-refractivity contribution in [3.8, 4) is 11.8 Å². The number of anilines is 1. The Kier molecular flexibility index (Phi) is 9.72. The molecule has 2 N–H and O–H groups in total. The van der Waals surface area contributed by atoms with Gasteiger partial charge in [-0.05, 0) is 44.2 Å². The first-order valence-electron chi connectivity index (χ1n) is 13.0. The van der Waals surface area contributed by atoms with Gasteiger partial charge < -0.3 is 24.7 Å². The summed E-state index contributed by atoms with van der Waals surface area (Å²) in [6, 6.07) is 9.69. The van der Waals surface area contributed by atoms with Crippen LogP contribution in [0.25, 0.3) is 0 Å². The normalized spacial score (nSPS) is 13.7. The van der Waals surface area contributed by atoms with Crippen LogP contribution >= 0.6 is 0 Å². The summed E-state index contributed by atoms with van der Waals surface area (Å²) in [5, 5.41) is 5.23. The fourth-order valence-corrected chi connectivity index (χ4v) is 5.73. The molecular formula is C29H29N5O7S. The van der Waals surface area contributed by atoms with E-state index in [0.717, 1.165) is 5.56 Å². The summed E-state index contributed by atoms with van der Waals surface area (Å²) in [6.45, 7) is 3.63. The topological polar surface area (TPSA) is 160 Å². The van der Waals surface area contributed by atoms with Crippen LogP contribution in [0.2, 0.25) is 0 Å². The lowest BCUT2D eigenvalue weighted by molar-refractivity contribution is -0.141. The van der Waals surface area contributed by atoms with Crippen LogP contribution in [0, 0.1) is 18.8 Å². The minimum absolute atomic E-state index is 0.0187. The molecule has 1 aromatic carbocycles. The van der Waals surface area contributed by atoms with Crippen LogP contribution in [-0.4, -0.2) is 75.7 Å². The Balaban J connectivity index is 1.38. The van der Waals surface area contributed by atoms with Gasteiger partial charge in [-0.1, -0.05) is 17.9 Å². The Morgan fingerprint density at radius 1 is 1.10 bits per heavy atom. The Hall–Kier alpha value is -4.96. The van der Waals surface area contributed by atoms with Crippen molar-refractivity contribution in [2.45, 2.75) is 13.8 Å². The lowest BCUT2D eigenvalue weighted by Gasteiger charge is -2.28. The first kappa shape index (κ1) is 30.0. The standard InChI is InChI=1S/C29H29N5O7S/c1-3-40-25(35)19-31-29(38)34-10-13-42(39,14-11-34)33-27(36)23-15-22(17-30-18-23)8-7-21-5-4-6-24(16-21)32-28(37)26-20(2)9-12-41-26/h4-6,9,12,15-18H,3,10-11,13-14,19H2,1-2H3,(H,31,38)(H,32,37). The molecule has 12 nitrogen and oxygen atoms in total. The van der Waals surface area contributed by atoms with Gasteiger partial charge in [-0.25, -0.2) is 9.00 Å². The monoisotopic (exact) mass is 591 g/mol. The molecule has 0 bridgehead atoms. The Morgan fingerprint density at radius 3 is 2.57 bits per heavy atom. The number of esters is 1. The van der Waals surface area contributed by atoms with E-state index in [4.69, 9.17) is 9.15 Å². The molecule has 4 amide bonds. The number of rotatable bonds is 6. The minimum Gasteiger partial charge on any atom is -0.465 e. The summed E-state index contributed by atoms with van der Waals surface area (Å²) in [6.07, 6.45) is 4.26. The van der Waals surface area contributed by atoms with Crippen LogP contribution in [-0.2, 0) is 19.3 Å². The number of aromatic nitrogens is 1. The molecule has 2 aromatic heterocycles. The summed E-state index contributed by atoms with van der Waals surface area (Å²) in [7, 11) is -2.89. The highest BCUT2D eigenvalue weighted by atomic mass is 32.2. The lowest BCUT2D eigenvalue weighted by atomic mass is 10.1. The maximum absolute atomic E-state index is 13.2. The number of amides is 4. The van der Waals surface area contributed by atoms with Crippen molar-refractivity contribution in [2.24, 2.45) is 4.36 Å². The molecule has 0 unspecified atom stereocenters. The summed E-state index contributed by atoms with van der Waals surface area (Å²) in [5.74, 6) is 4.58. The number of nitrogens with one attached hydrogen (secondary N) is 2. The number of nitrogens with zero attached hydrogens (tertiary/aromatic N) is 3. The maximum Gasteiger partial charge on any atom is 0.325 e. The zero-order valence-electron chi connectivity index (χ0n) is 23.0. The number of furan rings is 1. The van der Waals surface area contributed by atoms with Gasteiger partial charge in [0.2, 0.25) is 0 Å². The van der Waals surface area contributed by atoms with E-state index in [1.54, 1.807) is 44.2 Å². The first-order valence-corrected chi connectivity index (χ1v) is 14.9. The molecule has 1 saturated heterocycles. The first-order chi connectivity index (χ1) is 20.2. The van der Waals surface area contributed by atoms with Crippen LogP contribution in [0.1, 0.15) is 44.5 Å². The number of ether oxygens (including phenoxy) is 1. The molecule has 4 rings (SSSR count). The second-order valence-corrected chi connectivity index (χ2v) is 11.8. The molecule has 0 spiro atoms. The molecular weight excluding hydrogens is 562 g/mol. The van der Waals surface area contributed by atoms with Crippen molar-refractivity contribution in [1.29, 1.82) is 0 Å². The van der Waals surface area contributed by atoms with E-state index >= 15 is 0 Å². The Bertz CT molecular complexity index is 1680. The Labute approximate surface area is 243 Å². The second kappa shape index (κ2) is 13.6. The number of benzene rings is 1. The van der Waals surface area contributed by atoms with Gasteiger partial charge in [0.05, 0.1) is 39.7 Å². The molecule has 13 heteroatoms. The van der Waals surface area contributed by atoms with Gasteiger partial charge in [-0.15, -0.1) is 0 Å². The molecule has 1 aliphatic heterocycles. The number of hydrogen-bond acceptors (Lipinski definition) is 8. The molecule has 1 aliphatic rings. The highest BCUT2D eigenvalue weighted by Gasteiger charge is 2.25. The largest absolute Gasteiger partial charge is 0.465 e. The van der Waals surface area contributed by atoms with Gasteiger partial charge in [-0.2, -0.15) is 4.36 Å². The van der Waals surface area contributed by atoms with E-state index in [-0.39, 0.29) is 55.0 Å². The zero-order chi connectivity index (χ0) is 30.1. The molecule has 0 radical (unpaired) electrons. The van der Waals surface area contributed by atoms with E-state index in [0.29, 0.717) is 16.8 Å². The fourth-order valence-electron chi connectivity index (χ4n) is 3.93. The SMILES string of the molecule is CCOC(=O)CNC(=O)N1CCS(=O)(=NC(=O)c2cncc(C#Cc3cccc(NC(=O)c4occc4C)c3)c2)CC1. The molecule has 218 valence electrons. The third kappa shape index (κ3) is 8.05. The highest BCUT2D eigenvalue weighted by molar-refractivity contribution is 7.94. The van der Waals surface area contributed by atoms with Gasteiger partial charge in [0.15, 0.2) is 5.76 Å². The molecule has 3 aromatic rings. The Morgan fingerprint density at radius 2 is 1.86 bits per heavy atom. The average Bonchev–Trinajstić information content (AvgIpc) is 3.41. The van der Waals surface area contributed by atoms with E-state index in [9.17, 15) is 23.4 Å². The maximum atomic E-state index is 13.2. The van der Waals surface area contributed by atoms with Gasteiger partial charge in [0.1, 0.15) is 6.54 Å². The van der Waals surface area contributed by atoms with Crippen molar-refractivity contribution in [2.75, 3.05) is 43.1 Å². The number of hydrogen-bond donors (Lipinski definition) is 2. The summed E-state index contributed by atoms with van der Waals surface area (Å²) < 4.78 is 27.2. The quantitative estimate of drug-likeness (QED) is 0.327. The minimum atomic E-state index is -2.89. The van der Waals surface area contributed by atoms with Crippen LogP contribution in [0.4, 0.5) is 10.5 Å². The summed E-state index contributed by atoms with van der Waals surface area (Å²) in [5.41, 5.74) is 2.46. The third-order valence-corrected chi connectivity index (χ3v) is 8.25. The van der Waals surface area contributed by atoms with Crippen LogP contribution < -0.4 is 10.6 Å². The van der Waals surface area contributed by atoms with Crippen molar-refractivity contribution >= 4 is 39.2 Å². The van der Waals surface area contributed by atoms with Crippen molar-refractivity contribution < 1.29 is 32.5 Å². The predicted octanol–water partition coefficient (Wildman–Crippen LogP) is 2.83.